The molecule has 1 nitrogen and oxygen atoms in total. The average molecular weight is 272 g/mol. The van der Waals surface area contributed by atoms with Crippen molar-refractivity contribution >= 4 is 22.9 Å². The van der Waals surface area contributed by atoms with Crippen molar-refractivity contribution in [3.63, 3.8) is 0 Å². The van der Waals surface area contributed by atoms with E-state index >= 15 is 0 Å². The van der Waals surface area contributed by atoms with E-state index in [-0.39, 0.29) is 0 Å². The van der Waals surface area contributed by atoms with Gasteiger partial charge in [0.05, 0.1) is 4.34 Å². The Labute approximate surface area is 114 Å². The summed E-state index contributed by atoms with van der Waals surface area (Å²) in [4.78, 5) is 1.49. The van der Waals surface area contributed by atoms with Crippen molar-refractivity contribution < 1.29 is 0 Å². The van der Waals surface area contributed by atoms with Crippen molar-refractivity contribution in [3.05, 3.63) is 20.8 Å². The highest BCUT2D eigenvalue weighted by Crippen LogP contribution is 2.37. The lowest BCUT2D eigenvalue weighted by Gasteiger charge is -2.26. The average Bonchev–Trinajstić information content (AvgIpc) is 2.57. The Morgan fingerprint density at radius 1 is 1.47 bits per heavy atom. The number of thiophene rings is 1. The Hall–Kier alpha value is -0.0500. The van der Waals surface area contributed by atoms with Gasteiger partial charge in [-0.05, 0) is 49.3 Å². The first kappa shape index (κ1) is 13.4. The normalized spacial score (nSPS) is 20.4. The molecule has 1 aliphatic rings. The summed E-state index contributed by atoms with van der Waals surface area (Å²) < 4.78 is 0.944. The molecule has 1 heterocycles. The summed E-state index contributed by atoms with van der Waals surface area (Å²) >= 11 is 7.87. The molecule has 0 bridgehead atoms. The van der Waals surface area contributed by atoms with Crippen LogP contribution in [0.5, 0.6) is 0 Å². The first-order valence-electron chi connectivity index (χ1n) is 6.47. The molecule has 1 aromatic heterocycles. The number of aryl methyl sites for hydroxylation is 1. The molecule has 0 saturated heterocycles. The summed E-state index contributed by atoms with van der Waals surface area (Å²) in [5.74, 6) is 0. The molecular formula is C14H22ClNS. The van der Waals surface area contributed by atoms with Crippen molar-refractivity contribution in [3.8, 4) is 0 Å². The maximum absolute atomic E-state index is 6.11. The Bertz CT molecular complexity index is 378. The highest BCUT2D eigenvalue weighted by molar-refractivity contribution is 7.16. The summed E-state index contributed by atoms with van der Waals surface area (Å²) in [6.45, 7) is 7.98. The molecule has 2 rings (SSSR count). The standard InChI is InChI=1S/C14H22ClNS/c1-14(2,3)7-8-16-11-5-4-6-12-10(11)9-13(15)17-12/h9,11,16H,4-8H2,1-3H3. The SMILES string of the molecule is CC(C)(C)CCNC1CCCc2sc(Cl)cc21. The summed E-state index contributed by atoms with van der Waals surface area (Å²) in [5, 5.41) is 3.70. The van der Waals surface area contributed by atoms with Gasteiger partial charge in [0, 0.05) is 10.9 Å². The number of hydrogen-bond donors (Lipinski definition) is 1. The monoisotopic (exact) mass is 271 g/mol. The third-order valence-corrected chi connectivity index (χ3v) is 4.69. The van der Waals surface area contributed by atoms with Crippen LogP contribution in [0.25, 0.3) is 0 Å². The van der Waals surface area contributed by atoms with Crippen LogP contribution in [0.15, 0.2) is 6.07 Å². The van der Waals surface area contributed by atoms with Gasteiger partial charge in [-0.15, -0.1) is 11.3 Å². The minimum atomic E-state index is 0.413. The van der Waals surface area contributed by atoms with E-state index in [9.17, 15) is 0 Å². The van der Waals surface area contributed by atoms with Crippen LogP contribution in [-0.2, 0) is 6.42 Å². The molecule has 0 aliphatic heterocycles. The van der Waals surface area contributed by atoms with Crippen LogP contribution < -0.4 is 5.32 Å². The van der Waals surface area contributed by atoms with Crippen molar-refractivity contribution in [1.29, 1.82) is 0 Å². The van der Waals surface area contributed by atoms with Crippen LogP contribution in [0.4, 0.5) is 0 Å². The minimum absolute atomic E-state index is 0.413. The number of nitrogens with one attached hydrogen (secondary N) is 1. The number of halogens is 1. The van der Waals surface area contributed by atoms with Gasteiger partial charge in [0.2, 0.25) is 0 Å². The lowest BCUT2D eigenvalue weighted by molar-refractivity contribution is 0.346. The van der Waals surface area contributed by atoms with E-state index in [1.54, 1.807) is 11.3 Å². The zero-order chi connectivity index (χ0) is 12.5. The number of rotatable bonds is 3. The molecule has 0 fully saturated rings. The van der Waals surface area contributed by atoms with Crippen molar-refractivity contribution in [2.24, 2.45) is 5.41 Å². The van der Waals surface area contributed by atoms with E-state index in [4.69, 9.17) is 11.6 Å². The fraction of sp³-hybridized carbons (Fsp3) is 0.714. The van der Waals surface area contributed by atoms with E-state index in [1.165, 1.54) is 36.1 Å². The van der Waals surface area contributed by atoms with Crippen molar-refractivity contribution in [2.75, 3.05) is 6.54 Å². The van der Waals surface area contributed by atoms with E-state index in [0.717, 1.165) is 10.9 Å². The third kappa shape index (κ3) is 3.70. The third-order valence-electron chi connectivity index (χ3n) is 3.35. The van der Waals surface area contributed by atoms with Crippen molar-refractivity contribution in [1.82, 2.24) is 5.32 Å². The fourth-order valence-electron chi connectivity index (χ4n) is 2.35. The summed E-state index contributed by atoms with van der Waals surface area (Å²) in [6, 6.07) is 2.69. The van der Waals surface area contributed by atoms with E-state index < -0.39 is 0 Å². The lowest BCUT2D eigenvalue weighted by Crippen LogP contribution is -2.27. The van der Waals surface area contributed by atoms with Crippen LogP contribution in [0, 0.1) is 5.41 Å². The summed E-state index contributed by atoms with van der Waals surface area (Å²) in [7, 11) is 0. The van der Waals surface area contributed by atoms with Crippen LogP contribution >= 0.6 is 22.9 Å². The number of hydrogen-bond acceptors (Lipinski definition) is 2. The molecule has 17 heavy (non-hydrogen) atoms. The first-order chi connectivity index (χ1) is 7.96. The Balaban J connectivity index is 1.94. The molecule has 0 amide bonds. The van der Waals surface area contributed by atoms with Crippen molar-refractivity contribution in [2.45, 2.75) is 52.5 Å². The lowest BCUT2D eigenvalue weighted by atomic mass is 9.91. The molecule has 0 saturated carbocycles. The number of fused-ring (bicyclic) bond motifs is 1. The smallest absolute Gasteiger partial charge is 0.0934 e. The highest BCUT2D eigenvalue weighted by atomic mass is 35.5. The van der Waals surface area contributed by atoms with Gasteiger partial charge in [-0.1, -0.05) is 32.4 Å². The van der Waals surface area contributed by atoms with Gasteiger partial charge in [-0.3, -0.25) is 0 Å². The zero-order valence-electron chi connectivity index (χ0n) is 11.0. The molecule has 96 valence electrons. The van der Waals surface area contributed by atoms with Crippen LogP contribution in [-0.4, -0.2) is 6.54 Å². The summed E-state index contributed by atoms with van der Waals surface area (Å²) in [6.07, 6.45) is 4.97. The molecule has 1 unspecified atom stereocenters. The molecular weight excluding hydrogens is 250 g/mol. The van der Waals surface area contributed by atoms with Gasteiger partial charge in [0.25, 0.3) is 0 Å². The molecule has 0 radical (unpaired) electrons. The van der Waals surface area contributed by atoms with E-state index in [0.29, 0.717) is 11.5 Å². The maximum atomic E-state index is 6.11. The second-order valence-electron chi connectivity index (χ2n) is 6.14. The predicted molar refractivity (Wildman–Crippen MR) is 77.1 cm³/mol. The first-order valence-corrected chi connectivity index (χ1v) is 7.67. The van der Waals surface area contributed by atoms with Gasteiger partial charge < -0.3 is 5.32 Å². The van der Waals surface area contributed by atoms with E-state index in [1.807, 2.05) is 0 Å². The molecule has 0 aromatic carbocycles. The fourth-order valence-corrected chi connectivity index (χ4v) is 3.74. The maximum Gasteiger partial charge on any atom is 0.0934 e. The zero-order valence-corrected chi connectivity index (χ0v) is 12.5. The van der Waals surface area contributed by atoms with Crippen LogP contribution in [0.2, 0.25) is 4.34 Å². The van der Waals surface area contributed by atoms with E-state index in [2.05, 4.69) is 32.2 Å². The van der Waals surface area contributed by atoms with Crippen LogP contribution in [0.3, 0.4) is 0 Å². The predicted octanol–water partition coefficient (Wildman–Crippen LogP) is 4.80. The minimum Gasteiger partial charge on any atom is -0.310 e. The largest absolute Gasteiger partial charge is 0.310 e. The second kappa shape index (κ2) is 5.29. The van der Waals surface area contributed by atoms with Gasteiger partial charge in [0.15, 0.2) is 0 Å². The molecule has 1 atom stereocenters. The van der Waals surface area contributed by atoms with Crippen LogP contribution in [0.1, 0.15) is 56.5 Å². The Morgan fingerprint density at radius 3 is 2.94 bits per heavy atom. The van der Waals surface area contributed by atoms with Gasteiger partial charge in [0.1, 0.15) is 0 Å². The Kier molecular flexibility index (Phi) is 4.17. The molecule has 1 N–H and O–H groups in total. The second-order valence-corrected chi connectivity index (χ2v) is 7.91. The molecule has 1 aliphatic carbocycles. The van der Waals surface area contributed by atoms with Gasteiger partial charge in [-0.2, -0.15) is 0 Å². The molecule has 1 aromatic rings. The van der Waals surface area contributed by atoms with Gasteiger partial charge in [-0.25, -0.2) is 0 Å². The summed E-state index contributed by atoms with van der Waals surface area (Å²) in [5.41, 5.74) is 1.87. The molecule has 0 spiro atoms. The topological polar surface area (TPSA) is 12.0 Å². The highest BCUT2D eigenvalue weighted by Gasteiger charge is 2.22. The quantitative estimate of drug-likeness (QED) is 0.832. The van der Waals surface area contributed by atoms with Gasteiger partial charge >= 0.3 is 0 Å². The Morgan fingerprint density at radius 2 is 2.24 bits per heavy atom. The molecule has 3 heteroatoms.